The second-order valence-corrected chi connectivity index (χ2v) is 6.27. The number of aliphatic hydroxyl groups excluding tert-OH is 2. The first-order chi connectivity index (χ1) is 9.99. The van der Waals surface area contributed by atoms with Crippen molar-refractivity contribution < 1.29 is 24.4 Å². The lowest BCUT2D eigenvalue weighted by atomic mass is 10.1. The van der Waals surface area contributed by atoms with Crippen molar-refractivity contribution in [1.29, 1.82) is 0 Å². The highest BCUT2D eigenvalue weighted by Crippen LogP contribution is 2.09. The number of hydrogen-bond acceptors (Lipinski definition) is 7. The maximum absolute atomic E-state index is 9.56. The van der Waals surface area contributed by atoms with Gasteiger partial charge in [-0.15, -0.1) is 0 Å². The number of hydrogen-bond donors (Lipinski definition) is 3. The fraction of sp³-hybridized carbons (Fsp3) is 1.00. The summed E-state index contributed by atoms with van der Waals surface area (Å²) in [4.78, 5) is 0. The van der Waals surface area contributed by atoms with E-state index in [2.05, 4.69) is 0 Å². The molecule has 0 aromatic carbocycles. The average molecular weight is 325 g/mol. The SMILES string of the molecule is CCC(C)C(O)OCCOCOCCSCC(C)C(N)O. The Morgan fingerprint density at radius 1 is 1.05 bits per heavy atom. The summed E-state index contributed by atoms with van der Waals surface area (Å²) < 4.78 is 15.8. The first-order valence-corrected chi connectivity index (χ1v) is 8.61. The summed E-state index contributed by atoms with van der Waals surface area (Å²) in [6.45, 7) is 7.43. The zero-order valence-corrected chi connectivity index (χ0v) is 14.2. The van der Waals surface area contributed by atoms with E-state index in [-0.39, 0.29) is 18.6 Å². The maximum atomic E-state index is 9.56. The quantitative estimate of drug-likeness (QED) is 0.324. The minimum absolute atomic E-state index is 0.0836. The van der Waals surface area contributed by atoms with Gasteiger partial charge in [-0.2, -0.15) is 11.8 Å². The van der Waals surface area contributed by atoms with Crippen LogP contribution in [0.25, 0.3) is 0 Å². The Hall–Kier alpha value is 0.110. The Labute approximate surface area is 132 Å². The molecule has 0 saturated heterocycles. The lowest BCUT2D eigenvalue weighted by Gasteiger charge is -2.17. The van der Waals surface area contributed by atoms with E-state index in [1.54, 1.807) is 11.8 Å². The molecule has 0 aromatic heterocycles. The van der Waals surface area contributed by atoms with Crippen molar-refractivity contribution in [3.63, 3.8) is 0 Å². The summed E-state index contributed by atoms with van der Waals surface area (Å²) in [5, 5.41) is 18.7. The van der Waals surface area contributed by atoms with Crippen LogP contribution in [-0.4, -0.2) is 60.9 Å². The first-order valence-electron chi connectivity index (χ1n) is 7.45. The normalized spacial score (nSPS) is 17.4. The molecule has 0 aliphatic rings. The summed E-state index contributed by atoms with van der Waals surface area (Å²) in [5.41, 5.74) is 5.35. The molecule has 6 nitrogen and oxygen atoms in total. The van der Waals surface area contributed by atoms with Crippen LogP contribution in [0.5, 0.6) is 0 Å². The van der Waals surface area contributed by atoms with Gasteiger partial charge in [0.15, 0.2) is 6.29 Å². The van der Waals surface area contributed by atoms with Gasteiger partial charge in [-0.3, -0.25) is 0 Å². The smallest absolute Gasteiger partial charge is 0.157 e. The van der Waals surface area contributed by atoms with Crippen LogP contribution in [0.15, 0.2) is 0 Å². The summed E-state index contributed by atoms with van der Waals surface area (Å²) >= 11 is 1.69. The van der Waals surface area contributed by atoms with Crippen molar-refractivity contribution in [3.8, 4) is 0 Å². The molecule has 0 spiro atoms. The van der Waals surface area contributed by atoms with Gasteiger partial charge in [-0.1, -0.05) is 20.8 Å². The molecule has 0 rings (SSSR count). The van der Waals surface area contributed by atoms with Crippen molar-refractivity contribution in [2.75, 3.05) is 38.1 Å². The summed E-state index contributed by atoms with van der Waals surface area (Å²) in [6.07, 6.45) is -0.605. The van der Waals surface area contributed by atoms with Gasteiger partial charge < -0.3 is 30.2 Å². The molecule has 128 valence electrons. The monoisotopic (exact) mass is 325 g/mol. The summed E-state index contributed by atoms with van der Waals surface area (Å²) in [6, 6.07) is 0. The van der Waals surface area contributed by atoms with Crippen LogP contribution in [-0.2, 0) is 14.2 Å². The molecule has 0 saturated carbocycles. The Kier molecular flexibility index (Phi) is 13.8. The second kappa shape index (κ2) is 13.8. The van der Waals surface area contributed by atoms with Gasteiger partial charge >= 0.3 is 0 Å². The molecule has 0 radical (unpaired) electrons. The molecule has 4 atom stereocenters. The third-order valence-corrected chi connectivity index (χ3v) is 4.37. The molecule has 21 heavy (non-hydrogen) atoms. The first kappa shape index (κ1) is 21.1. The van der Waals surface area contributed by atoms with Crippen LogP contribution in [0.3, 0.4) is 0 Å². The Bertz CT molecular complexity index is 233. The third-order valence-electron chi connectivity index (χ3n) is 3.15. The van der Waals surface area contributed by atoms with Gasteiger partial charge in [0, 0.05) is 17.6 Å². The van der Waals surface area contributed by atoms with E-state index >= 15 is 0 Å². The van der Waals surface area contributed by atoms with Crippen molar-refractivity contribution in [3.05, 3.63) is 0 Å². The van der Waals surface area contributed by atoms with E-state index in [1.165, 1.54) is 0 Å². The highest BCUT2D eigenvalue weighted by molar-refractivity contribution is 7.99. The number of ether oxygens (including phenoxy) is 3. The molecule has 0 aromatic rings. The van der Waals surface area contributed by atoms with Gasteiger partial charge in [-0.25, -0.2) is 0 Å². The highest BCUT2D eigenvalue weighted by Gasteiger charge is 2.11. The predicted molar refractivity (Wildman–Crippen MR) is 84.9 cm³/mol. The lowest BCUT2D eigenvalue weighted by molar-refractivity contribution is -0.150. The molecule has 0 amide bonds. The van der Waals surface area contributed by atoms with Crippen molar-refractivity contribution >= 4 is 11.8 Å². The van der Waals surface area contributed by atoms with Gasteiger partial charge in [-0.05, 0) is 12.2 Å². The standard InChI is InChI=1S/C14H31NO5S/c1-4-11(2)14(17)20-6-5-18-10-19-7-8-21-9-12(3)13(15)16/h11-14,16-17H,4-10,15H2,1-3H3. The highest BCUT2D eigenvalue weighted by atomic mass is 32.2. The van der Waals surface area contributed by atoms with Gasteiger partial charge in [0.1, 0.15) is 13.0 Å². The minimum atomic E-state index is -0.757. The van der Waals surface area contributed by atoms with E-state index < -0.39 is 12.5 Å². The lowest BCUT2D eigenvalue weighted by Crippen LogP contribution is -2.29. The second-order valence-electron chi connectivity index (χ2n) is 5.12. The van der Waals surface area contributed by atoms with Crippen molar-refractivity contribution in [2.24, 2.45) is 17.6 Å². The molecule has 0 fully saturated rings. The summed E-state index contributed by atoms with van der Waals surface area (Å²) in [7, 11) is 0. The molecular formula is C14H31NO5S. The Morgan fingerprint density at radius 3 is 2.33 bits per heavy atom. The summed E-state index contributed by atoms with van der Waals surface area (Å²) in [5.74, 6) is 1.86. The molecule has 0 aliphatic carbocycles. The molecular weight excluding hydrogens is 294 g/mol. The van der Waals surface area contributed by atoms with E-state index in [0.29, 0.717) is 19.8 Å². The Balaban J connectivity index is 3.23. The van der Waals surface area contributed by atoms with E-state index in [0.717, 1.165) is 17.9 Å². The maximum Gasteiger partial charge on any atom is 0.157 e. The minimum Gasteiger partial charge on any atom is -0.379 e. The zero-order chi connectivity index (χ0) is 16.1. The Morgan fingerprint density at radius 2 is 1.71 bits per heavy atom. The third kappa shape index (κ3) is 12.3. The number of rotatable bonds is 14. The molecule has 0 aliphatic heterocycles. The van der Waals surface area contributed by atoms with Crippen LogP contribution in [0.2, 0.25) is 0 Å². The fourth-order valence-electron chi connectivity index (χ4n) is 1.26. The molecule has 0 heterocycles. The molecule has 4 N–H and O–H groups in total. The number of thioether (sulfide) groups is 1. The van der Waals surface area contributed by atoms with Crippen molar-refractivity contribution in [2.45, 2.75) is 39.7 Å². The topological polar surface area (TPSA) is 94.2 Å². The van der Waals surface area contributed by atoms with Crippen LogP contribution in [0.4, 0.5) is 0 Å². The molecule has 4 unspecified atom stereocenters. The largest absolute Gasteiger partial charge is 0.379 e. The van der Waals surface area contributed by atoms with Gasteiger partial charge in [0.05, 0.1) is 19.8 Å². The number of aliphatic hydroxyl groups is 2. The predicted octanol–water partition coefficient (Wildman–Crippen LogP) is 1.00. The fourth-order valence-corrected chi connectivity index (χ4v) is 2.23. The van der Waals surface area contributed by atoms with Crippen LogP contribution >= 0.6 is 11.8 Å². The molecule has 7 heteroatoms. The van der Waals surface area contributed by atoms with Gasteiger partial charge in [0.2, 0.25) is 0 Å². The van der Waals surface area contributed by atoms with E-state index in [1.807, 2.05) is 20.8 Å². The number of nitrogens with two attached hydrogens (primary N) is 1. The van der Waals surface area contributed by atoms with Crippen molar-refractivity contribution in [1.82, 2.24) is 0 Å². The zero-order valence-electron chi connectivity index (χ0n) is 13.4. The molecule has 0 bridgehead atoms. The van der Waals surface area contributed by atoms with Crippen LogP contribution in [0.1, 0.15) is 27.2 Å². The van der Waals surface area contributed by atoms with E-state index in [9.17, 15) is 5.11 Å². The van der Waals surface area contributed by atoms with Crippen LogP contribution < -0.4 is 5.73 Å². The average Bonchev–Trinajstić information content (AvgIpc) is 2.47. The van der Waals surface area contributed by atoms with E-state index in [4.69, 9.17) is 25.1 Å². The van der Waals surface area contributed by atoms with Crippen LogP contribution in [0, 0.1) is 11.8 Å². The van der Waals surface area contributed by atoms with Gasteiger partial charge in [0.25, 0.3) is 0 Å².